The quantitative estimate of drug-likeness (QED) is 0.595. The zero-order chi connectivity index (χ0) is 12.3. The van der Waals surface area contributed by atoms with Crippen molar-refractivity contribution >= 4 is 5.69 Å². The van der Waals surface area contributed by atoms with Crippen molar-refractivity contribution in [1.29, 1.82) is 0 Å². The van der Waals surface area contributed by atoms with Gasteiger partial charge in [0, 0.05) is 25.2 Å². The Bertz CT molecular complexity index is 406. The fourth-order valence-electron chi connectivity index (χ4n) is 2.32. The summed E-state index contributed by atoms with van der Waals surface area (Å²) in [6.07, 6.45) is 2.36. The molecule has 1 heterocycles. The second-order valence-electron chi connectivity index (χ2n) is 4.67. The molecule has 0 saturated carbocycles. The van der Waals surface area contributed by atoms with Crippen LogP contribution in [-0.4, -0.2) is 22.9 Å². The van der Waals surface area contributed by atoms with Crippen molar-refractivity contribution < 1.29 is 4.92 Å². The smallest absolute Gasteiger partial charge is 0.269 e. The maximum Gasteiger partial charge on any atom is 0.269 e. The van der Waals surface area contributed by atoms with Crippen LogP contribution >= 0.6 is 0 Å². The lowest BCUT2D eigenvalue weighted by Gasteiger charge is -2.30. The standard InChI is InChI=1S/C13H17N2O2/c1-11-4-3-7-14(9-11)10-12-5-2-6-13(8-12)15(16)17/h2,5-6,8,11H,1,3-4,7,9-10H2. The molecule has 4 heteroatoms. The van der Waals surface area contributed by atoms with Crippen molar-refractivity contribution in [3.8, 4) is 0 Å². The van der Waals surface area contributed by atoms with Gasteiger partial charge in [-0.25, -0.2) is 0 Å². The number of nitro groups is 1. The van der Waals surface area contributed by atoms with Gasteiger partial charge in [0.15, 0.2) is 0 Å². The molecule has 1 unspecified atom stereocenters. The highest BCUT2D eigenvalue weighted by atomic mass is 16.6. The van der Waals surface area contributed by atoms with Crippen LogP contribution in [0.15, 0.2) is 24.3 Å². The van der Waals surface area contributed by atoms with Crippen molar-refractivity contribution in [3.63, 3.8) is 0 Å². The number of piperidine rings is 1. The third-order valence-electron chi connectivity index (χ3n) is 3.13. The summed E-state index contributed by atoms with van der Waals surface area (Å²) in [4.78, 5) is 12.7. The molecular weight excluding hydrogens is 216 g/mol. The number of rotatable bonds is 3. The highest BCUT2D eigenvalue weighted by molar-refractivity contribution is 5.34. The first-order valence-electron chi connectivity index (χ1n) is 5.94. The average molecular weight is 233 g/mol. The fourth-order valence-corrected chi connectivity index (χ4v) is 2.32. The van der Waals surface area contributed by atoms with E-state index < -0.39 is 0 Å². The van der Waals surface area contributed by atoms with E-state index in [0.717, 1.165) is 25.2 Å². The van der Waals surface area contributed by atoms with Gasteiger partial charge < -0.3 is 0 Å². The third kappa shape index (κ3) is 3.27. The number of nitrogens with zero attached hydrogens (tertiary/aromatic N) is 2. The number of non-ortho nitro benzene ring substituents is 1. The average Bonchev–Trinajstić information content (AvgIpc) is 2.29. The molecule has 4 nitrogen and oxygen atoms in total. The van der Waals surface area contributed by atoms with Crippen LogP contribution in [0, 0.1) is 23.0 Å². The number of nitro benzene ring substituents is 1. The summed E-state index contributed by atoms with van der Waals surface area (Å²) >= 11 is 0. The Hall–Kier alpha value is -1.42. The van der Waals surface area contributed by atoms with Crippen molar-refractivity contribution in [3.05, 3.63) is 46.9 Å². The van der Waals surface area contributed by atoms with E-state index in [1.54, 1.807) is 12.1 Å². The van der Waals surface area contributed by atoms with Crippen LogP contribution in [0.5, 0.6) is 0 Å². The maximum absolute atomic E-state index is 10.7. The van der Waals surface area contributed by atoms with Crippen LogP contribution in [0.3, 0.4) is 0 Å². The van der Waals surface area contributed by atoms with Crippen molar-refractivity contribution in [1.82, 2.24) is 4.90 Å². The summed E-state index contributed by atoms with van der Waals surface area (Å²) in [5, 5.41) is 10.7. The Morgan fingerprint density at radius 3 is 3.06 bits per heavy atom. The molecule has 1 aliphatic rings. The molecule has 1 aliphatic heterocycles. The summed E-state index contributed by atoms with van der Waals surface area (Å²) in [6, 6.07) is 6.88. The van der Waals surface area contributed by atoms with Gasteiger partial charge in [0.1, 0.15) is 0 Å². The molecule has 1 saturated heterocycles. The summed E-state index contributed by atoms with van der Waals surface area (Å²) in [5.41, 5.74) is 1.18. The summed E-state index contributed by atoms with van der Waals surface area (Å²) in [7, 11) is 0. The Kier molecular flexibility index (Phi) is 3.74. The molecule has 1 aromatic rings. The second-order valence-corrected chi connectivity index (χ2v) is 4.67. The highest BCUT2D eigenvalue weighted by Crippen LogP contribution is 2.19. The minimum absolute atomic E-state index is 0.172. The first-order chi connectivity index (χ1) is 8.15. The Balaban J connectivity index is 2.02. The predicted molar refractivity (Wildman–Crippen MR) is 66.5 cm³/mol. The topological polar surface area (TPSA) is 46.4 Å². The lowest BCUT2D eigenvalue weighted by atomic mass is 10.00. The van der Waals surface area contributed by atoms with Gasteiger partial charge in [-0.1, -0.05) is 12.1 Å². The van der Waals surface area contributed by atoms with Gasteiger partial charge in [0.25, 0.3) is 5.69 Å². The largest absolute Gasteiger partial charge is 0.299 e. The molecule has 0 amide bonds. The molecule has 0 spiro atoms. The molecule has 17 heavy (non-hydrogen) atoms. The molecule has 1 aromatic carbocycles. The molecule has 0 aromatic heterocycles. The monoisotopic (exact) mass is 233 g/mol. The predicted octanol–water partition coefficient (Wildman–Crippen LogP) is 2.64. The number of likely N-dealkylation sites (tertiary alicyclic amines) is 1. The maximum atomic E-state index is 10.7. The summed E-state index contributed by atoms with van der Waals surface area (Å²) in [5.74, 6) is 0.488. The van der Waals surface area contributed by atoms with E-state index >= 15 is 0 Å². The van der Waals surface area contributed by atoms with Crippen molar-refractivity contribution in [2.45, 2.75) is 19.4 Å². The zero-order valence-corrected chi connectivity index (χ0v) is 9.84. The van der Waals surface area contributed by atoms with Gasteiger partial charge in [-0.15, -0.1) is 0 Å². The normalized spacial score (nSPS) is 21.4. The fraction of sp³-hybridized carbons (Fsp3) is 0.462. The number of benzene rings is 1. The minimum atomic E-state index is -0.343. The molecule has 2 rings (SSSR count). The Morgan fingerprint density at radius 2 is 2.35 bits per heavy atom. The molecule has 1 radical (unpaired) electrons. The van der Waals surface area contributed by atoms with Gasteiger partial charge in [-0.2, -0.15) is 0 Å². The van der Waals surface area contributed by atoms with Crippen LogP contribution in [0.25, 0.3) is 0 Å². The van der Waals surface area contributed by atoms with Crippen LogP contribution in [0.4, 0.5) is 5.69 Å². The first kappa shape index (κ1) is 12.0. The molecule has 91 valence electrons. The molecule has 1 fully saturated rings. The first-order valence-corrected chi connectivity index (χ1v) is 5.94. The van der Waals surface area contributed by atoms with Gasteiger partial charge in [-0.05, 0) is 37.8 Å². The lowest BCUT2D eigenvalue weighted by molar-refractivity contribution is -0.384. The number of hydrogen-bond acceptors (Lipinski definition) is 3. The van der Waals surface area contributed by atoms with Gasteiger partial charge >= 0.3 is 0 Å². The molecular formula is C13H17N2O2. The summed E-state index contributed by atoms with van der Waals surface area (Å²) in [6.45, 7) is 6.92. The van der Waals surface area contributed by atoms with Crippen molar-refractivity contribution in [2.24, 2.45) is 5.92 Å². The minimum Gasteiger partial charge on any atom is -0.299 e. The van der Waals surface area contributed by atoms with Gasteiger partial charge in [0.2, 0.25) is 0 Å². The second kappa shape index (κ2) is 5.27. The number of hydrogen-bond donors (Lipinski definition) is 0. The van der Waals surface area contributed by atoms with E-state index in [4.69, 9.17) is 0 Å². The summed E-state index contributed by atoms with van der Waals surface area (Å²) < 4.78 is 0. The third-order valence-corrected chi connectivity index (χ3v) is 3.13. The van der Waals surface area contributed by atoms with E-state index in [0.29, 0.717) is 5.92 Å². The lowest BCUT2D eigenvalue weighted by Crippen LogP contribution is -2.33. The molecule has 0 bridgehead atoms. The zero-order valence-electron chi connectivity index (χ0n) is 9.84. The van der Waals surface area contributed by atoms with Crippen LogP contribution < -0.4 is 0 Å². The van der Waals surface area contributed by atoms with Crippen molar-refractivity contribution in [2.75, 3.05) is 13.1 Å². The molecule has 0 N–H and O–H groups in total. The SMILES string of the molecule is [CH2]C1CCCN(Cc2cccc([N+](=O)[O-])c2)C1. The van der Waals surface area contributed by atoms with Crippen LogP contribution in [0.1, 0.15) is 18.4 Å². The van der Waals surface area contributed by atoms with E-state index in [-0.39, 0.29) is 10.6 Å². The Morgan fingerprint density at radius 1 is 1.53 bits per heavy atom. The van der Waals surface area contributed by atoms with E-state index in [9.17, 15) is 10.1 Å². The molecule has 0 aliphatic carbocycles. The Labute approximate surface area is 101 Å². The van der Waals surface area contributed by atoms with Crippen LogP contribution in [0.2, 0.25) is 0 Å². The molecule has 1 atom stereocenters. The van der Waals surface area contributed by atoms with Gasteiger partial charge in [-0.3, -0.25) is 15.0 Å². The van der Waals surface area contributed by atoms with Crippen LogP contribution in [-0.2, 0) is 6.54 Å². The van der Waals surface area contributed by atoms with E-state index in [1.165, 1.54) is 18.9 Å². The highest BCUT2D eigenvalue weighted by Gasteiger charge is 2.17. The van der Waals surface area contributed by atoms with E-state index in [2.05, 4.69) is 11.8 Å². The van der Waals surface area contributed by atoms with Gasteiger partial charge in [0.05, 0.1) is 4.92 Å². The van der Waals surface area contributed by atoms with E-state index in [1.807, 2.05) is 6.07 Å².